The number of hydrogen-bond donors (Lipinski definition) is 0. The van der Waals surface area contributed by atoms with Crippen LogP contribution in [0.1, 0.15) is 42.4 Å². The molecule has 2 aromatic rings. The van der Waals surface area contributed by atoms with Crippen LogP contribution in [0.5, 0.6) is 0 Å². The summed E-state index contributed by atoms with van der Waals surface area (Å²) in [4.78, 5) is 18.8. The van der Waals surface area contributed by atoms with Crippen molar-refractivity contribution in [3.63, 3.8) is 0 Å². The van der Waals surface area contributed by atoms with Crippen molar-refractivity contribution in [2.75, 3.05) is 6.54 Å². The second-order valence-electron chi connectivity index (χ2n) is 5.76. The standard InChI is InChI=1S/C16H20BrN5O/c1-2-21-11-19-20-15(21)6-5-14-4-3-7-22(14)16(23)12-8-13(17)10-18-9-12/h8-11,14H,2-7H2,1H3. The minimum Gasteiger partial charge on any atom is -0.336 e. The Balaban J connectivity index is 1.67. The van der Waals surface area contributed by atoms with E-state index >= 15 is 0 Å². The van der Waals surface area contributed by atoms with Crippen LogP contribution in [0.2, 0.25) is 0 Å². The Morgan fingerprint density at radius 3 is 3.09 bits per heavy atom. The molecule has 0 bridgehead atoms. The van der Waals surface area contributed by atoms with Crippen molar-refractivity contribution in [2.45, 2.75) is 45.2 Å². The SMILES string of the molecule is CCn1cnnc1CCC1CCCN1C(=O)c1cncc(Br)c1. The van der Waals surface area contributed by atoms with Crippen LogP contribution in [0.4, 0.5) is 0 Å². The molecule has 0 spiro atoms. The first-order valence-corrected chi connectivity index (χ1v) is 8.76. The molecule has 0 aromatic carbocycles. The van der Waals surface area contributed by atoms with Gasteiger partial charge in [-0.1, -0.05) is 0 Å². The number of nitrogens with zero attached hydrogens (tertiary/aromatic N) is 5. The van der Waals surface area contributed by atoms with Gasteiger partial charge in [-0.15, -0.1) is 10.2 Å². The van der Waals surface area contributed by atoms with Gasteiger partial charge in [0, 0.05) is 42.4 Å². The van der Waals surface area contributed by atoms with Crippen molar-refractivity contribution >= 4 is 21.8 Å². The lowest BCUT2D eigenvalue weighted by Gasteiger charge is -2.24. The molecule has 0 saturated carbocycles. The highest BCUT2D eigenvalue weighted by molar-refractivity contribution is 9.10. The van der Waals surface area contributed by atoms with Gasteiger partial charge in [0.05, 0.1) is 5.56 Å². The van der Waals surface area contributed by atoms with Crippen molar-refractivity contribution in [1.29, 1.82) is 0 Å². The molecule has 0 N–H and O–H groups in total. The van der Waals surface area contributed by atoms with Crippen LogP contribution in [0.25, 0.3) is 0 Å². The van der Waals surface area contributed by atoms with E-state index in [-0.39, 0.29) is 11.9 Å². The first kappa shape index (κ1) is 16.1. The van der Waals surface area contributed by atoms with Crippen molar-refractivity contribution < 1.29 is 4.79 Å². The summed E-state index contributed by atoms with van der Waals surface area (Å²) >= 11 is 3.38. The molecule has 122 valence electrons. The molecule has 23 heavy (non-hydrogen) atoms. The quantitative estimate of drug-likeness (QED) is 0.803. The molecule has 1 unspecified atom stereocenters. The molecule has 3 heterocycles. The maximum Gasteiger partial charge on any atom is 0.255 e. The number of carbonyl (C=O) groups is 1. The van der Waals surface area contributed by atoms with Gasteiger partial charge in [-0.2, -0.15) is 0 Å². The molecule has 1 fully saturated rings. The zero-order valence-electron chi connectivity index (χ0n) is 13.2. The molecular formula is C16H20BrN5O. The Kier molecular flexibility index (Phi) is 5.05. The van der Waals surface area contributed by atoms with Crippen molar-refractivity contribution in [1.82, 2.24) is 24.6 Å². The summed E-state index contributed by atoms with van der Waals surface area (Å²) in [6, 6.07) is 2.10. The topological polar surface area (TPSA) is 63.9 Å². The number of carbonyl (C=O) groups excluding carboxylic acids is 1. The number of likely N-dealkylation sites (tertiary alicyclic amines) is 1. The lowest BCUT2D eigenvalue weighted by atomic mass is 10.1. The number of rotatable bonds is 5. The largest absolute Gasteiger partial charge is 0.336 e. The van der Waals surface area contributed by atoms with Gasteiger partial charge in [0.25, 0.3) is 5.91 Å². The van der Waals surface area contributed by atoms with E-state index in [1.165, 1.54) is 0 Å². The maximum absolute atomic E-state index is 12.7. The first-order valence-electron chi connectivity index (χ1n) is 7.97. The third-order valence-corrected chi connectivity index (χ3v) is 4.76. The van der Waals surface area contributed by atoms with E-state index in [2.05, 4.69) is 42.6 Å². The molecule has 6 nitrogen and oxygen atoms in total. The molecule has 1 saturated heterocycles. The second-order valence-corrected chi connectivity index (χ2v) is 6.67. The number of halogens is 1. The summed E-state index contributed by atoms with van der Waals surface area (Å²) in [6.07, 6.45) is 8.96. The van der Waals surface area contributed by atoms with E-state index in [9.17, 15) is 4.79 Å². The summed E-state index contributed by atoms with van der Waals surface area (Å²) in [7, 11) is 0. The predicted octanol–water partition coefficient (Wildman–Crippen LogP) is 2.69. The smallest absolute Gasteiger partial charge is 0.255 e. The molecule has 7 heteroatoms. The lowest BCUT2D eigenvalue weighted by Crippen LogP contribution is -2.36. The van der Waals surface area contributed by atoms with Gasteiger partial charge in [0.15, 0.2) is 0 Å². The van der Waals surface area contributed by atoms with Crippen molar-refractivity contribution in [3.05, 3.63) is 40.6 Å². The van der Waals surface area contributed by atoms with Gasteiger partial charge in [-0.25, -0.2) is 0 Å². The fourth-order valence-electron chi connectivity index (χ4n) is 3.13. The average molecular weight is 378 g/mol. The highest BCUT2D eigenvalue weighted by atomic mass is 79.9. The van der Waals surface area contributed by atoms with Crippen molar-refractivity contribution in [3.8, 4) is 0 Å². The zero-order valence-corrected chi connectivity index (χ0v) is 14.7. The Morgan fingerprint density at radius 1 is 1.43 bits per heavy atom. The van der Waals surface area contributed by atoms with Crippen LogP contribution in [0, 0.1) is 0 Å². The van der Waals surface area contributed by atoms with Gasteiger partial charge < -0.3 is 9.47 Å². The monoisotopic (exact) mass is 377 g/mol. The number of amides is 1. The molecule has 2 aromatic heterocycles. The highest BCUT2D eigenvalue weighted by Gasteiger charge is 2.29. The minimum absolute atomic E-state index is 0.0678. The van der Waals surface area contributed by atoms with E-state index in [4.69, 9.17) is 0 Å². The van der Waals surface area contributed by atoms with Gasteiger partial charge in [-0.05, 0) is 48.2 Å². The average Bonchev–Trinajstić information content (AvgIpc) is 3.20. The van der Waals surface area contributed by atoms with Crippen LogP contribution < -0.4 is 0 Å². The zero-order chi connectivity index (χ0) is 16.2. The molecule has 1 amide bonds. The summed E-state index contributed by atoms with van der Waals surface area (Å²) in [5, 5.41) is 8.15. The summed E-state index contributed by atoms with van der Waals surface area (Å²) in [5.41, 5.74) is 0.642. The first-order chi connectivity index (χ1) is 11.2. The van der Waals surface area contributed by atoms with Crippen molar-refractivity contribution in [2.24, 2.45) is 0 Å². The molecule has 3 rings (SSSR count). The maximum atomic E-state index is 12.7. The summed E-state index contributed by atoms with van der Waals surface area (Å²) < 4.78 is 2.88. The van der Waals surface area contributed by atoms with E-state index in [1.54, 1.807) is 18.7 Å². The normalized spacial score (nSPS) is 17.7. The number of aryl methyl sites for hydroxylation is 2. The fourth-order valence-corrected chi connectivity index (χ4v) is 3.50. The Bertz CT molecular complexity index is 687. The van der Waals surface area contributed by atoms with Crippen LogP contribution in [0.15, 0.2) is 29.3 Å². The van der Waals surface area contributed by atoms with E-state index in [0.717, 1.165) is 49.1 Å². The lowest BCUT2D eigenvalue weighted by molar-refractivity contribution is 0.0729. The highest BCUT2D eigenvalue weighted by Crippen LogP contribution is 2.24. The number of pyridine rings is 1. The minimum atomic E-state index is 0.0678. The van der Waals surface area contributed by atoms with Gasteiger partial charge >= 0.3 is 0 Å². The van der Waals surface area contributed by atoms with Crippen LogP contribution in [-0.4, -0.2) is 43.1 Å². The van der Waals surface area contributed by atoms with Gasteiger partial charge in [0.1, 0.15) is 12.2 Å². The molecule has 1 aliphatic heterocycles. The summed E-state index contributed by atoms with van der Waals surface area (Å²) in [5.74, 6) is 1.06. The van der Waals surface area contributed by atoms with Gasteiger partial charge in [-0.3, -0.25) is 9.78 Å². The molecule has 0 radical (unpaired) electrons. The Hall–Kier alpha value is -1.76. The van der Waals surface area contributed by atoms with E-state index in [1.807, 2.05) is 11.0 Å². The molecule has 1 atom stereocenters. The van der Waals surface area contributed by atoms with E-state index < -0.39 is 0 Å². The van der Waals surface area contributed by atoms with E-state index in [0.29, 0.717) is 5.56 Å². The van der Waals surface area contributed by atoms with Crippen LogP contribution in [0.3, 0.4) is 0 Å². The fraction of sp³-hybridized carbons (Fsp3) is 0.500. The predicted molar refractivity (Wildman–Crippen MR) is 90.0 cm³/mol. The number of aromatic nitrogens is 4. The second kappa shape index (κ2) is 7.21. The Labute approximate surface area is 144 Å². The molecule has 0 aliphatic carbocycles. The van der Waals surface area contributed by atoms with Gasteiger partial charge in [0.2, 0.25) is 0 Å². The molecular weight excluding hydrogens is 358 g/mol. The third-order valence-electron chi connectivity index (χ3n) is 4.33. The molecule has 1 aliphatic rings. The summed E-state index contributed by atoms with van der Waals surface area (Å²) in [6.45, 7) is 3.77. The third kappa shape index (κ3) is 3.60. The number of hydrogen-bond acceptors (Lipinski definition) is 4. The van der Waals surface area contributed by atoms with Crippen LogP contribution in [-0.2, 0) is 13.0 Å². The van der Waals surface area contributed by atoms with Crippen LogP contribution >= 0.6 is 15.9 Å². The Morgan fingerprint density at radius 2 is 2.30 bits per heavy atom.